The quantitative estimate of drug-likeness (QED) is 0.371. The summed E-state index contributed by atoms with van der Waals surface area (Å²) >= 11 is 5.72. The second-order valence-electron chi connectivity index (χ2n) is 4.41. The summed E-state index contributed by atoms with van der Waals surface area (Å²) < 4.78 is 9.79. The Labute approximate surface area is 114 Å². The van der Waals surface area contributed by atoms with Gasteiger partial charge in [-0.2, -0.15) is 0 Å². The molecule has 0 bridgehead atoms. The topological polar surface area (TPSA) is 72.8 Å². The van der Waals surface area contributed by atoms with Gasteiger partial charge in [-0.1, -0.05) is 11.6 Å². The van der Waals surface area contributed by atoms with Gasteiger partial charge >= 0.3 is 11.9 Å². The van der Waals surface area contributed by atoms with Crippen molar-refractivity contribution in [2.24, 2.45) is 0 Å². The van der Waals surface area contributed by atoms with Crippen LogP contribution in [0.1, 0.15) is 19.4 Å². The molecule has 1 saturated heterocycles. The number of aliphatic hydroxyl groups excluding tert-OH is 1. The van der Waals surface area contributed by atoms with Crippen molar-refractivity contribution in [3.63, 3.8) is 0 Å². The van der Waals surface area contributed by atoms with E-state index in [2.05, 4.69) is 0 Å². The van der Waals surface area contributed by atoms with Gasteiger partial charge in [0, 0.05) is 24.4 Å². The van der Waals surface area contributed by atoms with Crippen LogP contribution in [0.2, 0.25) is 5.02 Å². The predicted molar refractivity (Wildman–Crippen MR) is 67.3 cm³/mol. The Kier molecular flexibility index (Phi) is 3.24. The standard InChI is InChI=1S/C13H11ClO5/c1-13(2)18-11(16)9(12(17)19-13)10(15)7-3-5-8(14)6-4-7/h3-6,15H,1-2H3. The van der Waals surface area contributed by atoms with Crippen LogP contribution >= 0.6 is 11.6 Å². The monoisotopic (exact) mass is 282 g/mol. The van der Waals surface area contributed by atoms with Gasteiger partial charge in [-0.15, -0.1) is 0 Å². The minimum absolute atomic E-state index is 0.271. The average molecular weight is 283 g/mol. The van der Waals surface area contributed by atoms with Crippen LogP contribution in [0.5, 0.6) is 0 Å². The molecular formula is C13H11ClO5. The molecule has 100 valence electrons. The highest BCUT2D eigenvalue weighted by atomic mass is 35.5. The number of hydrogen-bond donors (Lipinski definition) is 1. The molecule has 0 radical (unpaired) electrons. The Hall–Kier alpha value is -2.01. The van der Waals surface area contributed by atoms with Crippen LogP contribution in [0.4, 0.5) is 0 Å². The Morgan fingerprint density at radius 2 is 1.58 bits per heavy atom. The van der Waals surface area contributed by atoms with E-state index in [0.717, 1.165) is 0 Å². The molecule has 0 saturated carbocycles. The zero-order valence-corrected chi connectivity index (χ0v) is 11.0. The van der Waals surface area contributed by atoms with Gasteiger partial charge in [0.1, 0.15) is 5.76 Å². The number of cyclic esters (lactones) is 2. The average Bonchev–Trinajstić information content (AvgIpc) is 2.26. The van der Waals surface area contributed by atoms with Gasteiger partial charge in [-0.05, 0) is 24.3 Å². The maximum absolute atomic E-state index is 11.7. The van der Waals surface area contributed by atoms with Crippen LogP contribution in [0, 0.1) is 0 Å². The zero-order chi connectivity index (χ0) is 14.2. The molecule has 1 aromatic carbocycles. The van der Waals surface area contributed by atoms with Crippen molar-refractivity contribution in [1.29, 1.82) is 0 Å². The molecule has 2 rings (SSSR count). The van der Waals surface area contributed by atoms with Gasteiger partial charge in [0.05, 0.1) is 0 Å². The molecule has 1 fully saturated rings. The zero-order valence-electron chi connectivity index (χ0n) is 10.3. The number of rotatable bonds is 1. The molecule has 1 N–H and O–H groups in total. The van der Waals surface area contributed by atoms with Gasteiger partial charge in [0.25, 0.3) is 5.79 Å². The minimum Gasteiger partial charge on any atom is -0.506 e. The van der Waals surface area contributed by atoms with E-state index in [9.17, 15) is 14.7 Å². The summed E-state index contributed by atoms with van der Waals surface area (Å²) in [6.07, 6.45) is 0. The third-order valence-corrected chi connectivity index (χ3v) is 2.69. The van der Waals surface area contributed by atoms with E-state index >= 15 is 0 Å². The second-order valence-corrected chi connectivity index (χ2v) is 4.85. The Morgan fingerprint density at radius 3 is 2.05 bits per heavy atom. The summed E-state index contributed by atoms with van der Waals surface area (Å²) in [7, 11) is 0. The van der Waals surface area contributed by atoms with Gasteiger partial charge in [0.15, 0.2) is 5.57 Å². The van der Waals surface area contributed by atoms with Gasteiger partial charge < -0.3 is 14.6 Å². The molecule has 6 heteroatoms. The first kappa shape index (κ1) is 13.4. The summed E-state index contributed by atoms with van der Waals surface area (Å²) in [4.78, 5) is 23.5. The van der Waals surface area contributed by atoms with E-state index in [1.165, 1.54) is 38.1 Å². The first-order valence-electron chi connectivity index (χ1n) is 5.46. The summed E-state index contributed by atoms with van der Waals surface area (Å²) in [6, 6.07) is 6.00. The minimum atomic E-state index is -1.34. The highest BCUT2D eigenvalue weighted by Gasteiger charge is 2.41. The Balaban J connectivity index is 2.43. The van der Waals surface area contributed by atoms with Crippen molar-refractivity contribution in [3.05, 3.63) is 40.4 Å². The maximum Gasteiger partial charge on any atom is 0.352 e. The number of esters is 2. The number of benzene rings is 1. The largest absolute Gasteiger partial charge is 0.506 e. The first-order valence-corrected chi connectivity index (χ1v) is 5.84. The van der Waals surface area contributed by atoms with Crippen molar-refractivity contribution in [2.75, 3.05) is 0 Å². The molecule has 1 aliphatic rings. The fourth-order valence-corrected chi connectivity index (χ4v) is 1.72. The predicted octanol–water partition coefficient (Wildman–Crippen LogP) is 2.45. The van der Waals surface area contributed by atoms with E-state index in [1.807, 2.05) is 0 Å². The fourth-order valence-electron chi connectivity index (χ4n) is 1.60. The molecule has 0 amide bonds. The lowest BCUT2D eigenvalue weighted by atomic mass is 10.1. The smallest absolute Gasteiger partial charge is 0.352 e. The van der Waals surface area contributed by atoms with E-state index in [1.54, 1.807) is 0 Å². The third-order valence-electron chi connectivity index (χ3n) is 2.44. The molecule has 1 aliphatic heterocycles. The van der Waals surface area contributed by atoms with Crippen molar-refractivity contribution in [3.8, 4) is 0 Å². The molecule has 0 aromatic heterocycles. The molecular weight excluding hydrogens is 272 g/mol. The molecule has 1 aromatic rings. The van der Waals surface area contributed by atoms with Crippen LogP contribution in [0.3, 0.4) is 0 Å². The number of ether oxygens (including phenoxy) is 2. The summed E-state index contributed by atoms with van der Waals surface area (Å²) in [5, 5.41) is 10.5. The molecule has 0 unspecified atom stereocenters. The number of carbonyl (C=O) groups is 2. The van der Waals surface area contributed by atoms with Gasteiger partial charge in [-0.25, -0.2) is 9.59 Å². The van der Waals surface area contributed by atoms with Gasteiger partial charge in [0.2, 0.25) is 0 Å². The molecule has 1 heterocycles. The maximum atomic E-state index is 11.7. The van der Waals surface area contributed by atoms with Crippen LogP contribution in [0.15, 0.2) is 29.8 Å². The molecule has 0 atom stereocenters. The lowest BCUT2D eigenvalue weighted by Gasteiger charge is -2.30. The Morgan fingerprint density at radius 1 is 1.11 bits per heavy atom. The van der Waals surface area contributed by atoms with E-state index in [4.69, 9.17) is 21.1 Å². The van der Waals surface area contributed by atoms with Crippen molar-refractivity contribution in [1.82, 2.24) is 0 Å². The summed E-state index contributed by atoms with van der Waals surface area (Å²) in [5.41, 5.74) is -0.255. The summed E-state index contributed by atoms with van der Waals surface area (Å²) in [5.74, 6) is -3.68. The van der Waals surface area contributed by atoms with Crippen LogP contribution < -0.4 is 0 Å². The van der Waals surface area contributed by atoms with Crippen LogP contribution in [-0.2, 0) is 19.1 Å². The number of halogens is 1. The van der Waals surface area contributed by atoms with Crippen LogP contribution in [0.25, 0.3) is 5.76 Å². The molecule has 0 spiro atoms. The molecule has 5 nitrogen and oxygen atoms in total. The SMILES string of the molecule is CC1(C)OC(=O)C(=C(O)c2ccc(Cl)cc2)C(=O)O1. The molecule has 19 heavy (non-hydrogen) atoms. The Bertz CT molecular complexity index is 549. The van der Waals surface area contributed by atoms with E-state index < -0.39 is 29.1 Å². The van der Waals surface area contributed by atoms with Gasteiger partial charge in [-0.3, -0.25) is 0 Å². The number of aliphatic hydroxyl groups is 1. The highest BCUT2D eigenvalue weighted by Crippen LogP contribution is 2.27. The normalized spacial score (nSPS) is 17.7. The van der Waals surface area contributed by atoms with Crippen molar-refractivity contribution >= 4 is 29.3 Å². The van der Waals surface area contributed by atoms with Crippen LogP contribution in [-0.4, -0.2) is 22.8 Å². The number of hydrogen-bond acceptors (Lipinski definition) is 5. The fraction of sp³-hybridized carbons (Fsp3) is 0.231. The summed E-state index contributed by atoms with van der Waals surface area (Å²) in [6.45, 7) is 2.86. The number of carbonyl (C=O) groups excluding carboxylic acids is 2. The van der Waals surface area contributed by atoms with Crippen molar-refractivity contribution < 1.29 is 24.2 Å². The second kappa shape index (κ2) is 4.59. The van der Waals surface area contributed by atoms with E-state index in [0.29, 0.717) is 5.02 Å². The molecule has 0 aliphatic carbocycles. The highest BCUT2D eigenvalue weighted by molar-refractivity contribution is 6.30. The lowest BCUT2D eigenvalue weighted by molar-refractivity contribution is -0.222. The van der Waals surface area contributed by atoms with Crippen molar-refractivity contribution in [2.45, 2.75) is 19.6 Å². The van der Waals surface area contributed by atoms with E-state index in [-0.39, 0.29) is 5.56 Å². The lowest BCUT2D eigenvalue weighted by Crippen LogP contribution is -2.42. The third kappa shape index (κ3) is 2.71. The first-order chi connectivity index (χ1) is 8.80.